The van der Waals surface area contributed by atoms with Gasteiger partial charge in [-0.1, -0.05) is 25.9 Å². The minimum Gasteiger partial charge on any atom is -0.497 e. The van der Waals surface area contributed by atoms with E-state index in [2.05, 4.69) is 9.44 Å². The smallest absolute Gasteiger partial charge is 0.459 e. The van der Waals surface area contributed by atoms with Gasteiger partial charge in [0.05, 0.1) is 7.11 Å². The number of hydrogen-bond donors (Lipinski definition) is 0. The van der Waals surface area contributed by atoms with Crippen LogP contribution in [-0.2, 0) is 19.2 Å². The molecule has 3 rings (SSSR count). The number of nitrogens with zero attached hydrogens (tertiary/aromatic N) is 3. The van der Waals surface area contributed by atoms with Gasteiger partial charge >= 0.3 is 21.3 Å². The van der Waals surface area contributed by atoms with Gasteiger partial charge in [-0.15, -0.1) is 0 Å². The van der Waals surface area contributed by atoms with Gasteiger partial charge in [-0.3, -0.25) is 9.08 Å². The summed E-state index contributed by atoms with van der Waals surface area (Å²) < 4.78 is 63.2. The van der Waals surface area contributed by atoms with E-state index in [1.165, 1.54) is 31.4 Å². The molecule has 1 heterocycles. The highest BCUT2D eigenvalue weighted by molar-refractivity contribution is 7.88. The first-order valence-electron chi connectivity index (χ1n) is 9.98. The predicted octanol–water partition coefficient (Wildman–Crippen LogP) is 3.29. The van der Waals surface area contributed by atoms with Crippen LogP contribution in [0.2, 0.25) is 0 Å². The molecule has 8 nitrogen and oxygen atoms in total. The number of methoxy groups -OCH3 is 1. The van der Waals surface area contributed by atoms with Crippen LogP contribution in [0.25, 0.3) is 0 Å². The van der Waals surface area contributed by atoms with Crippen LogP contribution in [0.15, 0.2) is 29.4 Å². The Morgan fingerprint density at radius 2 is 1.88 bits per heavy atom. The van der Waals surface area contributed by atoms with Gasteiger partial charge in [-0.05, 0) is 54.4 Å². The third kappa shape index (κ3) is 4.41. The van der Waals surface area contributed by atoms with Crippen molar-refractivity contribution < 1.29 is 31.0 Å². The number of benzene rings is 1. The Balaban J connectivity index is 1.81. The summed E-state index contributed by atoms with van der Waals surface area (Å²) >= 11 is 0. The molecule has 2 atom stereocenters. The van der Waals surface area contributed by atoms with E-state index >= 15 is 0 Å². The average Bonchev–Trinajstić information content (AvgIpc) is 2.96. The Hall–Kier alpha value is -2.74. The number of oxime groups is 1. The van der Waals surface area contributed by atoms with Gasteiger partial charge in [0.15, 0.2) is 5.71 Å². The van der Waals surface area contributed by atoms with Crippen molar-refractivity contribution in [2.75, 3.05) is 13.7 Å². The van der Waals surface area contributed by atoms with Crippen molar-refractivity contribution in [3.8, 4) is 11.8 Å². The molecule has 2 aliphatic rings. The highest BCUT2D eigenvalue weighted by Gasteiger charge is 2.62. The summed E-state index contributed by atoms with van der Waals surface area (Å²) in [5.41, 5.74) is -0.933. The molecule has 2 unspecified atom stereocenters. The second-order valence-corrected chi connectivity index (χ2v) is 11.0. The molecule has 1 saturated carbocycles. The summed E-state index contributed by atoms with van der Waals surface area (Å²) in [4.78, 5) is 13.6. The van der Waals surface area contributed by atoms with Gasteiger partial charge in [-0.25, -0.2) is 0 Å². The third-order valence-corrected chi connectivity index (χ3v) is 7.01. The Labute approximate surface area is 185 Å². The standard InChI is InChI=1S/C21H25F2N3O5S/c1-19(2)9-15-10-20(3,12-19)13-26(15)18(27)21(22,23)32(28,29)31-25-17(11-24)14-5-7-16(30-4)8-6-14/h5-8,15H,9-10,12-13H2,1-4H3. The van der Waals surface area contributed by atoms with Crippen molar-refractivity contribution in [2.45, 2.75) is 51.3 Å². The van der Waals surface area contributed by atoms with E-state index in [4.69, 9.17) is 4.74 Å². The molecule has 1 aromatic rings. The molecule has 0 N–H and O–H groups in total. The molecule has 2 fully saturated rings. The van der Waals surface area contributed by atoms with E-state index in [9.17, 15) is 27.3 Å². The molecule has 32 heavy (non-hydrogen) atoms. The third-order valence-electron chi connectivity index (χ3n) is 5.93. The van der Waals surface area contributed by atoms with Crippen LogP contribution >= 0.6 is 0 Å². The quantitative estimate of drug-likeness (QED) is 0.467. The maximum absolute atomic E-state index is 14.8. The fraction of sp³-hybridized carbons (Fsp3) is 0.571. The fourth-order valence-electron chi connectivity index (χ4n) is 4.99. The highest BCUT2D eigenvalue weighted by atomic mass is 32.2. The summed E-state index contributed by atoms with van der Waals surface area (Å²) in [6.07, 6.45) is 1.78. The first-order chi connectivity index (χ1) is 14.7. The van der Waals surface area contributed by atoms with E-state index in [1.54, 1.807) is 6.07 Å². The van der Waals surface area contributed by atoms with Crippen molar-refractivity contribution in [3.63, 3.8) is 0 Å². The molecule has 1 aromatic carbocycles. The molecule has 0 radical (unpaired) electrons. The van der Waals surface area contributed by atoms with E-state index in [0.29, 0.717) is 18.6 Å². The number of alkyl halides is 2. The largest absolute Gasteiger partial charge is 0.497 e. The van der Waals surface area contributed by atoms with E-state index in [1.807, 2.05) is 20.8 Å². The zero-order chi connectivity index (χ0) is 23.9. The SMILES string of the molecule is COc1ccc(C(C#N)=NOS(=O)(=O)C(F)(F)C(=O)N2CC3(C)CC2CC(C)(C)C3)cc1. The van der Waals surface area contributed by atoms with Crippen LogP contribution in [0.3, 0.4) is 0 Å². The van der Waals surface area contributed by atoms with Crippen molar-refractivity contribution in [3.05, 3.63) is 29.8 Å². The van der Waals surface area contributed by atoms with Crippen LogP contribution in [0.1, 0.15) is 45.6 Å². The van der Waals surface area contributed by atoms with E-state index in [0.717, 1.165) is 11.3 Å². The van der Waals surface area contributed by atoms with Gasteiger partial charge in [0.2, 0.25) is 0 Å². The average molecular weight is 470 g/mol. The topological polar surface area (TPSA) is 109 Å². The first kappa shape index (κ1) is 23.9. The molecule has 1 aliphatic heterocycles. The van der Waals surface area contributed by atoms with Crippen LogP contribution in [-0.4, -0.2) is 49.9 Å². The number of carbonyl (C=O) groups excluding carboxylic acids is 1. The second kappa shape index (κ2) is 7.99. The van der Waals surface area contributed by atoms with Crippen LogP contribution in [0, 0.1) is 22.2 Å². The summed E-state index contributed by atoms with van der Waals surface area (Å²) in [7, 11) is -4.36. The minimum atomic E-state index is -5.79. The zero-order valence-corrected chi connectivity index (χ0v) is 19.1. The lowest BCUT2D eigenvalue weighted by atomic mass is 9.65. The number of amides is 1. The van der Waals surface area contributed by atoms with Crippen molar-refractivity contribution in [1.29, 1.82) is 5.26 Å². The lowest BCUT2D eigenvalue weighted by Gasteiger charge is -2.39. The maximum Gasteiger partial charge on any atom is 0.459 e. The Kier molecular flexibility index (Phi) is 5.97. The van der Waals surface area contributed by atoms with Crippen LogP contribution < -0.4 is 4.74 Å². The predicted molar refractivity (Wildman–Crippen MR) is 111 cm³/mol. The molecule has 1 aliphatic carbocycles. The number of rotatable bonds is 6. The molecular weight excluding hydrogens is 444 g/mol. The van der Waals surface area contributed by atoms with Gasteiger partial charge in [0.25, 0.3) is 0 Å². The summed E-state index contributed by atoms with van der Waals surface area (Å²) in [6.45, 7) is 5.96. The second-order valence-electron chi connectivity index (χ2n) is 9.47. The van der Waals surface area contributed by atoms with Crippen LogP contribution in [0.4, 0.5) is 8.78 Å². The fourth-order valence-corrected chi connectivity index (χ4v) is 5.59. The van der Waals surface area contributed by atoms with Crippen LogP contribution in [0.5, 0.6) is 5.75 Å². The van der Waals surface area contributed by atoms with Crippen molar-refractivity contribution in [2.24, 2.45) is 16.0 Å². The summed E-state index contributed by atoms with van der Waals surface area (Å²) in [5.74, 6) is -1.37. The number of carbonyl (C=O) groups is 1. The molecule has 0 spiro atoms. The Bertz CT molecular complexity index is 1080. The number of halogens is 2. The normalized spacial score (nSPS) is 25.2. The first-order valence-corrected chi connectivity index (χ1v) is 11.4. The number of ether oxygens (including phenoxy) is 1. The summed E-state index contributed by atoms with van der Waals surface area (Å²) in [5, 5.41) is 7.46. The molecule has 0 aromatic heterocycles. The van der Waals surface area contributed by atoms with Crippen molar-refractivity contribution >= 4 is 21.7 Å². The minimum absolute atomic E-state index is 0.0452. The zero-order valence-electron chi connectivity index (χ0n) is 18.3. The van der Waals surface area contributed by atoms with Crippen molar-refractivity contribution in [1.82, 2.24) is 4.90 Å². The Morgan fingerprint density at radius 3 is 2.44 bits per heavy atom. The number of likely N-dealkylation sites (tertiary alicyclic amines) is 1. The maximum atomic E-state index is 14.8. The molecule has 1 amide bonds. The monoisotopic (exact) mass is 469 g/mol. The Morgan fingerprint density at radius 1 is 1.25 bits per heavy atom. The number of nitriles is 1. The number of hydrogen-bond acceptors (Lipinski definition) is 7. The van der Waals surface area contributed by atoms with Gasteiger partial charge in [-0.2, -0.15) is 22.5 Å². The van der Waals surface area contributed by atoms with Gasteiger partial charge in [0, 0.05) is 18.2 Å². The van der Waals surface area contributed by atoms with Gasteiger partial charge in [0.1, 0.15) is 11.8 Å². The highest BCUT2D eigenvalue weighted by Crippen LogP contribution is 2.53. The lowest BCUT2D eigenvalue weighted by Crippen LogP contribution is -2.50. The molecule has 1 saturated heterocycles. The number of fused-ring (bicyclic) bond motifs is 2. The lowest BCUT2D eigenvalue weighted by molar-refractivity contribution is -0.149. The molecular formula is C21H25F2N3O5S. The molecule has 11 heteroatoms. The summed E-state index contributed by atoms with van der Waals surface area (Å²) in [6, 6.07) is 6.82. The van der Waals surface area contributed by atoms with E-state index in [-0.39, 0.29) is 22.9 Å². The van der Waals surface area contributed by atoms with E-state index < -0.39 is 33.0 Å². The molecule has 174 valence electrons. The molecule has 2 bridgehead atoms. The van der Waals surface area contributed by atoms with Gasteiger partial charge < -0.3 is 9.64 Å².